The Balaban J connectivity index is 1.19. The van der Waals surface area contributed by atoms with E-state index < -0.39 is 0 Å². The lowest BCUT2D eigenvalue weighted by atomic mass is 9.44. The number of ether oxygens (including phenoxy) is 1. The van der Waals surface area contributed by atoms with Gasteiger partial charge in [-0.05, 0) is 111 Å². The zero-order valence-electron chi connectivity index (χ0n) is 32.0. The molecule has 2 heteroatoms. The third-order valence-corrected chi connectivity index (χ3v) is 14.9. The molecule has 0 amide bonds. The van der Waals surface area contributed by atoms with Crippen LogP contribution in [0.25, 0.3) is 0 Å². The third-order valence-electron chi connectivity index (χ3n) is 14.9. The highest BCUT2D eigenvalue weighted by Gasteiger charge is 2.62. The van der Waals surface area contributed by atoms with Crippen molar-refractivity contribution in [1.29, 1.82) is 0 Å². The minimum absolute atomic E-state index is 0.115. The van der Waals surface area contributed by atoms with Crippen LogP contribution in [0, 0.1) is 52.3 Å². The van der Waals surface area contributed by atoms with Gasteiger partial charge in [0.25, 0.3) is 0 Å². The first kappa shape index (κ1) is 38.3. The van der Waals surface area contributed by atoms with Gasteiger partial charge in [0.15, 0.2) is 0 Å². The molecule has 0 aromatic carbocycles. The van der Waals surface area contributed by atoms with Gasteiger partial charge in [-0.1, -0.05) is 144 Å². The molecule has 1 unspecified atom stereocenters. The lowest BCUT2D eigenvalue weighted by Gasteiger charge is -2.62. The zero-order chi connectivity index (χ0) is 33.0. The quantitative estimate of drug-likeness (QED) is 0.0921. The van der Waals surface area contributed by atoms with Gasteiger partial charge in [0.05, 0.1) is 0 Å². The normalized spacial score (nSPS) is 34.6. The molecule has 0 heterocycles. The second-order valence-corrected chi connectivity index (χ2v) is 18.3. The van der Waals surface area contributed by atoms with Gasteiger partial charge in [-0.15, -0.1) is 0 Å². The molecule has 4 aliphatic rings. The van der Waals surface area contributed by atoms with Crippen LogP contribution in [0.2, 0.25) is 0 Å². The predicted molar refractivity (Wildman–Crippen MR) is 198 cm³/mol. The van der Waals surface area contributed by atoms with Crippen LogP contribution in [0.4, 0.5) is 0 Å². The highest BCUT2D eigenvalue weighted by Crippen LogP contribution is 2.68. The SMILES string of the molecule is CCCCCCCCCCCCCCCCC(=O)OC1CCC[C@@H]2CC[C@@H]3[C@@H]4CC[C@@H]([C@@H](C)CCCC(C)C)[C@@]4(C)CC[C@@H]3[C@@]12C. The Kier molecular flexibility index (Phi) is 15.8. The number of unbranched alkanes of at least 4 members (excludes halogenated alkanes) is 13. The summed E-state index contributed by atoms with van der Waals surface area (Å²) in [5, 5.41) is 0. The molecule has 0 N–H and O–H groups in total. The van der Waals surface area contributed by atoms with Crippen molar-refractivity contribution in [2.45, 2.75) is 221 Å². The monoisotopic (exact) mass is 641 g/mol. The van der Waals surface area contributed by atoms with Gasteiger partial charge in [0, 0.05) is 11.8 Å². The standard InChI is InChI=1S/C44H80O2/c1-7-8-9-10-11-12-13-14-15-16-17-18-19-20-27-42(45)46-41-26-22-25-36-28-29-37-39-31-30-38(35(4)24-21-23-34(2)3)43(39,5)33-32-40(37)44(36,41)6/h34-41H,7-33H2,1-6H3/t35-,36+,37+,38-,39-,40-,41?,43+,44-/m0/s1. The topological polar surface area (TPSA) is 26.3 Å². The number of carbonyl (C=O) groups excluding carboxylic acids is 1. The fourth-order valence-electron chi connectivity index (χ4n) is 12.2. The Hall–Kier alpha value is -0.530. The number of carbonyl (C=O) groups is 1. The van der Waals surface area contributed by atoms with Crippen molar-refractivity contribution in [1.82, 2.24) is 0 Å². The van der Waals surface area contributed by atoms with E-state index in [1.807, 2.05) is 0 Å². The maximum atomic E-state index is 13.3. The van der Waals surface area contributed by atoms with Gasteiger partial charge < -0.3 is 4.74 Å². The molecule has 4 fully saturated rings. The van der Waals surface area contributed by atoms with E-state index >= 15 is 0 Å². The largest absolute Gasteiger partial charge is 0.462 e. The zero-order valence-corrected chi connectivity index (χ0v) is 32.0. The molecule has 0 aromatic heterocycles. The number of rotatable bonds is 21. The van der Waals surface area contributed by atoms with Crippen molar-refractivity contribution < 1.29 is 9.53 Å². The summed E-state index contributed by atoms with van der Waals surface area (Å²) < 4.78 is 6.55. The van der Waals surface area contributed by atoms with Crippen molar-refractivity contribution in [3.63, 3.8) is 0 Å². The summed E-state index contributed by atoms with van der Waals surface area (Å²) in [5.41, 5.74) is 0.741. The molecular formula is C44H80O2. The average Bonchev–Trinajstić information content (AvgIpc) is 3.38. The van der Waals surface area contributed by atoms with Crippen LogP contribution < -0.4 is 0 Å². The number of esters is 1. The molecule has 2 nitrogen and oxygen atoms in total. The first-order valence-corrected chi connectivity index (χ1v) is 21.4. The van der Waals surface area contributed by atoms with E-state index in [1.54, 1.807) is 0 Å². The van der Waals surface area contributed by atoms with Crippen LogP contribution in [0.15, 0.2) is 0 Å². The molecule has 0 saturated heterocycles. The van der Waals surface area contributed by atoms with Crippen LogP contribution in [-0.4, -0.2) is 12.1 Å². The van der Waals surface area contributed by atoms with Gasteiger partial charge in [0.1, 0.15) is 6.10 Å². The molecule has 0 bridgehead atoms. The van der Waals surface area contributed by atoms with Gasteiger partial charge in [-0.3, -0.25) is 4.79 Å². The lowest BCUT2D eigenvalue weighted by Crippen LogP contribution is -2.58. The van der Waals surface area contributed by atoms with Crippen LogP contribution in [0.1, 0.15) is 215 Å². The molecular weight excluding hydrogens is 560 g/mol. The van der Waals surface area contributed by atoms with E-state index in [9.17, 15) is 4.79 Å². The third kappa shape index (κ3) is 9.79. The van der Waals surface area contributed by atoms with Crippen molar-refractivity contribution in [3.8, 4) is 0 Å². The van der Waals surface area contributed by atoms with E-state index in [1.165, 1.54) is 154 Å². The van der Waals surface area contributed by atoms with Crippen molar-refractivity contribution >= 4 is 5.97 Å². The number of fused-ring (bicyclic) bond motifs is 5. The minimum atomic E-state index is 0.115. The molecule has 4 rings (SSSR count). The fraction of sp³-hybridized carbons (Fsp3) is 0.977. The average molecular weight is 641 g/mol. The highest BCUT2D eigenvalue weighted by atomic mass is 16.5. The Morgan fingerprint density at radius 2 is 1.30 bits per heavy atom. The van der Waals surface area contributed by atoms with E-state index in [0.29, 0.717) is 11.8 Å². The molecule has 0 radical (unpaired) electrons. The van der Waals surface area contributed by atoms with Crippen LogP contribution in [-0.2, 0) is 9.53 Å². The molecule has 0 aromatic rings. The Labute approximate surface area is 288 Å². The molecule has 0 aliphatic heterocycles. The minimum Gasteiger partial charge on any atom is -0.462 e. The fourth-order valence-corrected chi connectivity index (χ4v) is 12.2. The van der Waals surface area contributed by atoms with Crippen molar-refractivity contribution in [2.24, 2.45) is 52.3 Å². The van der Waals surface area contributed by atoms with Crippen molar-refractivity contribution in [3.05, 3.63) is 0 Å². The maximum Gasteiger partial charge on any atom is 0.306 e. The second-order valence-electron chi connectivity index (χ2n) is 18.3. The summed E-state index contributed by atoms with van der Waals surface area (Å²) in [5.74, 6) is 6.02. The summed E-state index contributed by atoms with van der Waals surface area (Å²) in [6, 6.07) is 0. The van der Waals surface area contributed by atoms with E-state index in [4.69, 9.17) is 4.74 Å². The lowest BCUT2D eigenvalue weighted by molar-refractivity contribution is -0.192. The van der Waals surface area contributed by atoms with E-state index in [2.05, 4.69) is 41.5 Å². The van der Waals surface area contributed by atoms with Crippen LogP contribution in [0.3, 0.4) is 0 Å². The molecule has 268 valence electrons. The summed E-state index contributed by atoms with van der Waals surface area (Å²) in [4.78, 5) is 13.3. The van der Waals surface area contributed by atoms with Crippen LogP contribution in [0.5, 0.6) is 0 Å². The van der Waals surface area contributed by atoms with Crippen LogP contribution >= 0.6 is 0 Å². The highest BCUT2D eigenvalue weighted by molar-refractivity contribution is 5.69. The summed E-state index contributed by atoms with van der Waals surface area (Å²) in [7, 11) is 0. The second kappa shape index (κ2) is 19.0. The Bertz CT molecular complexity index is 864. The Morgan fingerprint density at radius 3 is 1.93 bits per heavy atom. The number of hydrogen-bond acceptors (Lipinski definition) is 2. The van der Waals surface area contributed by atoms with E-state index in [-0.39, 0.29) is 17.5 Å². The summed E-state index contributed by atoms with van der Waals surface area (Å²) >= 11 is 0. The smallest absolute Gasteiger partial charge is 0.306 e. The predicted octanol–water partition coefficient (Wildman–Crippen LogP) is 13.9. The summed E-state index contributed by atoms with van der Waals surface area (Å²) in [6.07, 6.45) is 36.3. The van der Waals surface area contributed by atoms with Gasteiger partial charge in [-0.2, -0.15) is 0 Å². The number of hydrogen-bond donors (Lipinski definition) is 0. The first-order chi connectivity index (χ1) is 22.2. The molecule has 9 atom stereocenters. The van der Waals surface area contributed by atoms with Gasteiger partial charge in [-0.25, -0.2) is 0 Å². The first-order valence-electron chi connectivity index (χ1n) is 21.4. The molecule has 0 spiro atoms. The van der Waals surface area contributed by atoms with Gasteiger partial charge >= 0.3 is 5.97 Å². The molecule has 4 aliphatic carbocycles. The summed E-state index contributed by atoms with van der Waals surface area (Å²) in [6.45, 7) is 15.0. The Morgan fingerprint density at radius 1 is 0.674 bits per heavy atom. The molecule has 4 saturated carbocycles. The van der Waals surface area contributed by atoms with Gasteiger partial charge in [0.2, 0.25) is 0 Å². The maximum absolute atomic E-state index is 13.3. The molecule has 46 heavy (non-hydrogen) atoms. The van der Waals surface area contributed by atoms with E-state index in [0.717, 1.165) is 54.3 Å². The van der Waals surface area contributed by atoms with Crippen molar-refractivity contribution in [2.75, 3.05) is 0 Å².